The molecule has 1 amide bonds. The number of amides is 1. The summed E-state index contributed by atoms with van der Waals surface area (Å²) in [6.45, 7) is 2.23. The number of halogens is 1. The van der Waals surface area contributed by atoms with Gasteiger partial charge in [-0.3, -0.25) is 4.79 Å². The summed E-state index contributed by atoms with van der Waals surface area (Å²) in [5.41, 5.74) is 2.49. The Morgan fingerprint density at radius 1 is 1.26 bits per heavy atom. The fraction of sp³-hybridized carbons (Fsp3) is 0.211. The van der Waals surface area contributed by atoms with Crippen LogP contribution in [0.4, 0.5) is 5.69 Å². The summed E-state index contributed by atoms with van der Waals surface area (Å²) in [4.78, 5) is 31.8. The number of carbonyl (C=O) groups is 2. The lowest BCUT2D eigenvalue weighted by atomic mass is 10.2. The maximum absolute atomic E-state index is 12.2. The summed E-state index contributed by atoms with van der Waals surface area (Å²) in [5, 5.41) is 3.71. The van der Waals surface area contributed by atoms with E-state index in [-0.39, 0.29) is 22.2 Å². The van der Waals surface area contributed by atoms with Gasteiger partial charge in [0.05, 0.1) is 34.0 Å². The van der Waals surface area contributed by atoms with Crippen LogP contribution in [-0.4, -0.2) is 34.2 Å². The van der Waals surface area contributed by atoms with Gasteiger partial charge in [0.1, 0.15) is 0 Å². The number of H-pyrrole nitrogens is 1. The second kappa shape index (κ2) is 8.92. The second-order valence-electron chi connectivity index (χ2n) is 5.73. The Morgan fingerprint density at radius 3 is 2.85 bits per heavy atom. The van der Waals surface area contributed by atoms with Gasteiger partial charge in [0, 0.05) is 5.69 Å². The van der Waals surface area contributed by atoms with Crippen LogP contribution in [0.5, 0.6) is 0 Å². The predicted molar refractivity (Wildman–Crippen MR) is 107 cm³/mol. The van der Waals surface area contributed by atoms with Crippen molar-refractivity contribution in [3.63, 3.8) is 0 Å². The highest BCUT2D eigenvalue weighted by atomic mass is 35.5. The van der Waals surface area contributed by atoms with Gasteiger partial charge in [-0.25, -0.2) is 9.78 Å². The number of benzene rings is 2. The number of fused-ring (bicyclic) bond motifs is 1. The molecule has 0 fully saturated rings. The van der Waals surface area contributed by atoms with Crippen molar-refractivity contribution < 1.29 is 14.3 Å². The van der Waals surface area contributed by atoms with E-state index in [4.69, 9.17) is 16.3 Å². The molecule has 0 spiro atoms. The SMILES string of the molecule is CCCOC(=O)c1cc(NC(=O)CSc2nc3ccccc3[nH]2)ccc1Cl. The molecule has 3 rings (SSSR count). The van der Waals surface area contributed by atoms with Gasteiger partial charge in [0.15, 0.2) is 5.16 Å². The maximum atomic E-state index is 12.2. The van der Waals surface area contributed by atoms with Gasteiger partial charge in [-0.15, -0.1) is 0 Å². The number of esters is 1. The van der Waals surface area contributed by atoms with Gasteiger partial charge < -0.3 is 15.0 Å². The lowest BCUT2D eigenvalue weighted by molar-refractivity contribution is -0.113. The number of thioether (sulfide) groups is 1. The first-order chi connectivity index (χ1) is 13.1. The molecule has 2 N–H and O–H groups in total. The first-order valence-electron chi connectivity index (χ1n) is 8.41. The molecular formula is C19H18ClN3O3S. The van der Waals surface area contributed by atoms with Crippen molar-refractivity contribution >= 4 is 52.0 Å². The number of aromatic nitrogens is 2. The van der Waals surface area contributed by atoms with Crippen LogP contribution < -0.4 is 5.32 Å². The molecule has 2 aromatic carbocycles. The minimum absolute atomic E-state index is 0.179. The van der Waals surface area contributed by atoms with Crippen LogP contribution in [0, 0.1) is 0 Å². The molecule has 0 saturated carbocycles. The highest BCUT2D eigenvalue weighted by molar-refractivity contribution is 7.99. The van der Waals surface area contributed by atoms with Crippen LogP contribution in [0.2, 0.25) is 5.02 Å². The standard InChI is InChI=1S/C19H18ClN3O3S/c1-2-9-26-18(25)13-10-12(7-8-14(13)20)21-17(24)11-27-19-22-15-5-3-4-6-16(15)23-19/h3-8,10H,2,9,11H2,1H3,(H,21,24)(H,22,23). The third kappa shape index (κ3) is 5.02. The van der Waals surface area contributed by atoms with E-state index in [2.05, 4.69) is 15.3 Å². The normalized spacial score (nSPS) is 10.7. The van der Waals surface area contributed by atoms with E-state index in [0.29, 0.717) is 17.5 Å². The Labute approximate surface area is 165 Å². The Kier molecular flexibility index (Phi) is 6.36. The maximum Gasteiger partial charge on any atom is 0.339 e. The number of nitrogens with zero attached hydrogens (tertiary/aromatic N) is 1. The van der Waals surface area contributed by atoms with Crippen LogP contribution >= 0.6 is 23.4 Å². The molecule has 0 aliphatic carbocycles. The number of nitrogens with one attached hydrogen (secondary N) is 2. The van der Waals surface area contributed by atoms with E-state index in [1.165, 1.54) is 17.8 Å². The van der Waals surface area contributed by atoms with Crippen molar-refractivity contribution in [3.8, 4) is 0 Å². The van der Waals surface area contributed by atoms with Crippen molar-refractivity contribution in [2.45, 2.75) is 18.5 Å². The molecule has 0 radical (unpaired) electrons. The van der Waals surface area contributed by atoms with Gasteiger partial charge in [-0.05, 0) is 36.8 Å². The molecule has 140 valence electrons. The van der Waals surface area contributed by atoms with Crippen molar-refractivity contribution in [2.75, 3.05) is 17.7 Å². The fourth-order valence-electron chi connectivity index (χ4n) is 2.36. The quantitative estimate of drug-likeness (QED) is 0.447. The molecule has 27 heavy (non-hydrogen) atoms. The third-order valence-electron chi connectivity index (χ3n) is 3.61. The van der Waals surface area contributed by atoms with Crippen molar-refractivity contribution in [2.24, 2.45) is 0 Å². The number of para-hydroxylation sites is 2. The van der Waals surface area contributed by atoms with E-state index in [9.17, 15) is 9.59 Å². The van der Waals surface area contributed by atoms with Gasteiger partial charge in [-0.1, -0.05) is 42.4 Å². The number of ether oxygens (including phenoxy) is 1. The van der Waals surface area contributed by atoms with Gasteiger partial charge in [-0.2, -0.15) is 0 Å². The molecule has 0 saturated heterocycles. The van der Waals surface area contributed by atoms with Crippen LogP contribution in [0.15, 0.2) is 47.6 Å². The van der Waals surface area contributed by atoms with E-state index in [0.717, 1.165) is 17.5 Å². The molecule has 8 heteroatoms. The average molecular weight is 404 g/mol. The second-order valence-corrected chi connectivity index (χ2v) is 7.10. The van der Waals surface area contributed by atoms with Crippen molar-refractivity contribution in [3.05, 3.63) is 53.1 Å². The summed E-state index contributed by atoms with van der Waals surface area (Å²) in [6.07, 6.45) is 0.721. The van der Waals surface area contributed by atoms with Gasteiger partial charge in [0.2, 0.25) is 5.91 Å². The first kappa shape index (κ1) is 19.3. The van der Waals surface area contributed by atoms with Crippen LogP contribution in [0.3, 0.4) is 0 Å². The van der Waals surface area contributed by atoms with Crippen LogP contribution in [0.1, 0.15) is 23.7 Å². The number of hydrogen-bond donors (Lipinski definition) is 2. The van der Waals surface area contributed by atoms with E-state index in [1.807, 2.05) is 31.2 Å². The molecule has 0 bridgehead atoms. The number of hydrogen-bond acceptors (Lipinski definition) is 5. The zero-order valence-corrected chi connectivity index (χ0v) is 16.2. The topological polar surface area (TPSA) is 84.1 Å². The Balaban J connectivity index is 1.61. The third-order valence-corrected chi connectivity index (χ3v) is 4.82. The minimum atomic E-state index is -0.505. The highest BCUT2D eigenvalue weighted by Crippen LogP contribution is 2.23. The van der Waals surface area contributed by atoms with Crippen molar-refractivity contribution in [1.29, 1.82) is 0 Å². The summed E-state index contributed by atoms with van der Waals surface area (Å²) >= 11 is 7.36. The van der Waals surface area contributed by atoms with E-state index >= 15 is 0 Å². The number of rotatable bonds is 7. The number of anilines is 1. The molecule has 6 nitrogen and oxygen atoms in total. The van der Waals surface area contributed by atoms with Gasteiger partial charge in [0.25, 0.3) is 0 Å². The zero-order chi connectivity index (χ0) is 19.2. The van der Waals surface area contributed by atoms with Crippen molar-refractivity contribution in [1.82, 2.24) is 9.97 Å². The van der Waals surface area contributed by atoms with Crippen LogP contribution in [0.25, 0.3) is 11.0 Å². The zero-order valence-electron chi connectivity index (χ0n) is 14.6. The molecule has 0 aliphatic heterocycles. The molecule has 1 heterocycles. The molecule has 3 aromatic rings. The summed E-state index contributed by atoms with van der Waals surface area (Å²) in [5.74, 6) is -0.539. The Morgan fingerprint density at radius 2 is 2.07 bits per heavy atom. The molecule has 0 aliphatic rings. The summed E-state index contributed by atoms with van der Waals surface area (Å²) < 4.78 is 5.10. The highest BCUT2D eigenvalue weighted by Gasteiger charge is 2.14. The Hall–Kier alpha value is -2.51. The molecule has 1 aromatic heterocycles. The molecular weight excluding hydrogens is 386 g/mol. The van der Waals surface area contributed by atoms with E-state index in [1.54, 1.807) is 12.1 Å². The van der Waals surface area contributed by atoms with Gasteiger partial charge >= 0.3 is 5.97 Å². The fourth-order valence-corrected chi connectivity index (χ4v) is 3.24. The summed E-state index contributed by atoms with van der Waals surface area (Å²) in [6, 6.07) is 12.4. The lowest BCUT2D eigenvalue weighted by Crippen LogP contribution is -2.15. The number of aromatic amines is 1. The number of carbonyl (C=O) groups excluding carboxylic acids is 2. The predicted octanol–water partition coefficient (Wildman–Crippen LogP) is 4.51. The summed E-state index contributed by atoms with van der Waals surface area (Å²) in [7, 11) is 0. The smallest absolute Gasteiger partial charge is 0.339 e. The largest absolute Gasteiger partial charge is 0.462 e. The van der Waals surface area contributed by atoms with E-state index < -0.39 is 5.97 Å². The van der Waals surface area contributed by atoms with Crippen LogP contribution in [-0.2, 0) is 9.53 Å². The lowest BCUT2D eigenvalue weighted by Gasteiger charge is -2.09. The Bertz CT molecular complexity index is 941. The molecule has 0 atom stereocenters. The molecule has 0 unspecified atom stereocenters. The monoisotopic (exact) mass is 403 g/mol. The average Bonchev–Trinajstić information content (AvgIpc) is 3.09. The first-order valence-corrected chi connectivity index (χ1v) is 9.77. The minimum Gasteiger partial charge on any atom is -0.462 e. The number of imidazole rings is 1.